The lowest BCUT2D eigenvalue weighted by molar-refractivity contribution is 0.278. The Labute approximate surface area is 123 Å². The molecule has 0 atom stereocenters. The molecule has 0 heterocycles. The normalized spacial score (nSPS) is 11.4. The Hall–Kier alpha value is -1.92. The minimum absolute atomic E-state index is 0.151. The maximum atomic E-state index is 13.3. The Morgan fingerprint density at radius 2 is 1.86 bits per heavy atom. The van der Waals surface area contributed by atoms with E-state index in [1.54, 1.807) is 12.1 Å². The van der Waals surface area contributed by atoms with Crippen molar-refractivity contribution in [2.75, 3.05) is 4.72 Å². The second-order valence-electron chi connectivity index (χ2n) is 4.53. The molecule has 0 aromatic heterocycles. The Morgan fingerprint density at radius 1 is 1.14 bits per heavy atom. The van der Waals surface area contributed by atoms with Crippen molar-refractivity contribution in [2.24, 2.45) is 0 Å². The highest BCUT2D eigenvalue weighted by atomic mass is 32.2. The molecule has 0 radical (unpaired) electrons. The van der Waals surface area contributed by atoms with Crippen LogP contribution in [0.15, 0.2) is 47.4 Å². The highest BCUT2D eigenvalue weighted by Crippen LogP contribution is 2.23. The molecule has 21 heavy (non-hydrogen) atoms. The average Bonchev–Trinajstić information content (AvgIpc) is 2.47. The Bertz CT molecular complexity index is 744. The van der Waals surface area contributed by atoms with Crippen molar-refractivity contribution in [1.29, 1.82) is 0 Å². The highest BCUT2D eigenvalue weighted by Gasteiger charge is 2.20. The molecule has 0 spiro atoms. The molecule has 0 aliphatic heterocycles. The van der Waals surface area contributed by atoms with Gasteiger partial charge in [0.2, 0.25) is 0 Å². The van der Waals surface area contributed by atoms with Gasteiger partial charge in [-0.25, -0.2) is 12.8 Å². The fourth-order valence-electron chi connectivity index (χ4n) is 2.04. The molecule has 4 nitrogen and oxygen atoms in total. The van der Waals surface area contributed by atoms with Crippen LogP contribution in [-0.2, 0) is 23.1 Å². The summed E-state index contributed by atoms with van der Waals surface area (Å²) >= 11 is 0. The van der Waals surface area contributed by atoms with Crippen LogP contribution in [0.1, 0.15) is 18.1 Å². The second-order valence-corrected chi connectivity index (χ2v) is 6.18. The van der Waals surface area contributed by atoms with Crippen LogP contribution in [0.3, 0.4) is 0 Å². The highest BCUT2D eigenvalue weighted by molar-refractivity contribution is 7.92. The van der Waals surface area contributed by atoms with E-state index in [-0.39, 0.29) is 10.5 Å². The largest absolute Gasteiger partial charge is 0.392 e. The summed E-state index contributed by atoms with van der Waals surface area (Å²) in [5, 5.41) is 9.22. The molecule has 0 fully saturated rings. The molecular weight excluding hydrogens is 293 g/mol. The number of hydrogen-bond acceptors (Lipinski definition) is 3. The summed E-state index contributed by atoms with van der Waals surface area (Å²) in [5.74, 6) is -0.670. The SMILES string of the molecule is CCc1ccccc1NS(=O)(=O)c1cc(F)ccc1CO. The van der Waals surface area contributed by atoms with Gasteiger partial charge in [0, 0.05) is 0 Å². The molecule has 0 unspecified atom stereocenters. The van der Waals surface area contributed by atoms with Crippen molar-refractivity contribution >= 4 is 15.7 Å². The van der Waals surface area contributed by atoms with Gasteiger partial charge >= 0.3 is 0 Å². The molecule has 2 rings (SSSR count). The van der Waals surface area contributed by atoms with Crippen LogP contribution in [0, 0.1) is 5.82 Å². The first kappa shape index (κ1) is 15.5. The van der Waals surface area contributed by atoms with Crippen LogP contribution in [0.2, 0.25) is 0 Å². The van der Waals surface area contributed by atoms with E-state index in [1.165, 1.54) is 6.07 Å². The predicted octanol–water partition coefficient (Wildman–Crippen LogP) is 2.68. The Morgan fingerprint density at radius 3 is 2.52 bits per heavy atom. The quantitative estimate of drug-likeness (QED) is 0.892. The molecule has 0 amide bonds. The lowest BCUT2D eigenvalue weighted by atomic mass is 10.1. The van der Waals surface area contributed by atoms with Gasteiger partial charge in [-0.1, -0.05) is 31.2 Å². The number of halogens is 1. The van der Waals surface area contributed by atoms with Crippen molar-refractivity contribution in [1.82, 2.24) is 0 Å². The van der Waals surface area contributed by atoms with Crippen molar-refractivity contribution < 1.29 is 17.9 Å². The van der Waals surface area contributed by atoms with Gasteiger partial charge in [-0.2, -0.15) is 0 Å². The minimum atomic E-state index is -3.96. The molecule has 2 aromatic carbocycles. The van der Waals surface area contributed by atoms with E-state index >= 15 is 0 Å². The van der Waals surface area contributed by atoms with Gasteiger partial charge in [-0.3, -0.25) is 4.72 Å². The molecule has 0 aliphatic rings. The van der Waals surface area contributed by atoms with E-state index in [2.05, 4.69) is 4.72 Å². The molecular formula is C15H16FNO3S. The smallest absolute Gasteiger partial charge is 0.262 e. The van der Waals surface area contributed by atoms with Gasteiger partial charge in [-0.15, -0.1) is 0 Å². The van der Waals surface area contributed by atoms with Crippen LogP contribution in [0.4, 0.5) is 10.1 Å². The summed E-state index contributed by atoms with van der Waals surface area (Å²) in [6.45, 7) is 1.43. The summed E-state index contributed by atoms with van der Waals surface area (Å²) < 4.78 is 40.6. The fourth-order valence-corrected chi connectivity index (χ4v) is 3.38. The maximum Gasteiger partial charge on any atom is 0.262 e. The summed E-state index contributed by atoms with van der Waals surface area (Å²) in [7, 11) is -3.96. The van der Waals surface area contributed by atoms with Crippen LogP contribution < -0.4 is 4.72 Å². The zero-order chi connectivity index (χ0) is 15.5. The van der Waals surface area contributed by atoms with E-state index < -0.39 is 22.4 Å². The summed E-state index contributed by atoms with van der Waals surface area (Å²) in [4.78, 5) is -0.254. The standard InChI is InChI=1S/C15H16FNO3S/c1-2-11-5-3-4-6-14(11)17-21(19,20)15-9-13(16)8-7-12(15)10-18/h3-9,17-18H,2,10H2,1H3. The number of nitrogens with one attached hydrogen (secondary N) is 1. The Kier molecular flexibility index (Phi) is 4.59. The number of sulfonamides is 1. The van der Waals surface area contributed by atoms with Crippen molar-refractivity contribution in [3.63, 3.8) is 0 Å². The number of hydrogen-bond donors (Lipinski definition) is 2. The van der Waals surface area contributed by atoms with Gasteiger partial charge < -0.3 is 5.11 Å². The Balaban J connectivity index is 2.46. The first-order valence-electron chi connectivity index (χ1n) is 6.48. The lowest BCUT2D eigenvalue weighted by Crippen LogP contribution is -2.16. The van der Waals surface area contributed by atoms with Crippen molar-refractivity contribution in [2.45, 2.75) is 24.8 Å². The first-order chi connectivity index (χ1) is 9.97. The third kappa shape index (κ3) is 3.40. The zero-order valence-electron chi connectivity index (χ0n) is 11.5. The van der Waals surface area contributed by atoms with Gasteiger partial charge in [-0.05, 0) is 35.7 Å². The van der Waals surface area contributed by atoms with E-state index in [9.17, 15) is 17.9 Å². The number of aliphatic hydroxyl groups is 1. The van der Waals surface area contributed by atoms with Gasteiger partial charge in [0.15, 0.2) is 0 Å². The van der Waals surface area contributed by atoms with Crippen molar-refractivity contribution in [3.8, 4) is 0 Å². The fraction of sp³-hybridized carbons (Fsp3) is 0.200. The van der Waals surface area contributed by atoms with E-state index in [4.69, 9.17) is 0 Å². The summed E-state index contributed by atoms with van der Waals surface area (Å²) in [5.41, 5.74) is 1.44. The van der Waals surface area contributed by atoms with Crippen LogP contribution in [0.25, 0.3) is 0 Å². The number of aliphatic hydroxyl groups excluding tert-OH is 1. The molecule has 0 saturated heterocycles. The van der Waals surface area contributed by atoms with Crippen molar-refractivity contribution in [3.05, 3.63) is 59.4 Å². The molecule has 2 aromatic rings. The average molecular weight is 309 g/mol. The van der Waals surface area contributed by atoms with Crippen LogP contribution in [0.5, 0.6) is 0 Å². The topological polar surface area (TPSA) is 66.4 Å². The number of anilines is 1. The predicted molar refractivity (Wildman–Crippen MR) is 79.0 cm³/mol. The number of benzene rings is 2. The third-order valence-electron chi connectivity index (χ3n) is 3.13. The third-order valence-corrected chi connectivity index (χ3v) is 4.58. The molecule has 2 N–H and O–H groups in total. The summed E-state index contributed by atoms with van der Waals surface area (Å²) in [6.07, 6.45) is 0.661. The lowest BCUT2D eigenvalue weighted by Gasteiger charge is -2.13. The minimum Gasteiger partial charge on any atom is -0.392 e. The van der Waals surface area contributed by atoms with Gasteiger partial charge in [0.1, 0.15) is 5.82 Å². The second kappa shape index (κ2) is 6.24. The summed E-state index contributed by atoms with van der Waals surface area (Å²) in [6, 6.07) is 10.3. The first-order valence-corrected chi connectivity index (χ1v) is 7.96. The number of aryl methyl sites for hydroxylation is 1. The van der Waals surface area contributed by atoms with Gasteiger partial charge in [0.05, 0.1) is 17.2 Å². The molecule has 112 valence electrons. The van der Waals surface area contributed by atoms with E-state index in [0.29, 0.717) is 12.1 Å². The molecule has 0 saturated carbocycles. The zero-order valence-corrected chi connectivity index (χ0v) is 12.3. The number of rotatable bonds is 5. The van der Waals surface area contributed by atoms with Crippen LogP contribution >= 0.6 is 0 Å². The van der Waals surface area contributed by atoms with Gasteiger partial charge in [0.25, 0.3) is 10.0 Å². The maximum absolute atomic E-state index is 13.3. The van der Waals surface area contributed by atoms with E-state index in [0.717, 1.165) is 17.7 Å². The molecule has 6 heteroatoms. The monoisotopic (exact) mass is 309 g/mol. The number of para-hydroxylation sites is 1. The molecule has 0 bridgehead atoms. The van der Waals surface area contributed by atoms with E-state index in [1.807, 2.05) is 19.1 Å². The molecule has 0 aliphatic carbocycles. The van der Waals surface area contributed by atoms with Crippen LogP contribution in [-0.4, -0.2) is 13.5 Å².